The highest BCUT2D eigenvalue weighted by Gasteiger charge is 2.42. The normalized spacial score (nSPS) is 13.1. The Kier molecular flexibility index (Phi) is 10.7. The molecule has 2 rings (SSSR count). The molecule has 0 aliphatic heterocycles. The summed E-state index contributed by atoms with van der Waals surface area (Å²) in [4.78, 5) is 54.6. The van der Waals surface area contributed by atoms with Gasteiger partial charge in [-0.05, 0) is 92.3 Å². The number of alkyl carbamates (subject to hydrolysis) is 1. The molecule has 0 saturated heterocycles. The van der Waals surface area contributed by atoms with Crippen LogP contribution in [0, 0.1) is 27.7 Å². The highest BCUT2D eigenvalue weighted by molar-refractivity contribution is 6.00. The zero-order chi connectivity index (χ0) is 31.3. The first-order chi connectivity index (χ1) is 18.8. The molecule has 0 aliphatic rings. The fourth-order valence-electron chi connectivity index (χ4n) is 4.80. The van der Waals surface area contributed by atoms with Gasteiger partial charge in [-0.15, -0.1) is 0 Å². The summed E-state index contributed by atoms with van der Waals surface area (Å²) in [5.41, 5.74) is 8.66. The van der Waals surface area contributed by atoms with Gasteiger partial charge in [-0.25, -0.2) is 4.79 Å². The van der Waals surface area contributed by atoms with Crippen LogP contribution in [0.2, 0.25) is 0 Å². The number of nitrogens with two attached hydrogens (primary N) is 1. The molecule has 0 heterocycles. The van der Waals surface area contributed by atoms with E-state index in [-0.39, 0.29) is 12.8 Å². The minimum Gasteiger partial charge on any atom is -0.444 e. The lowest BCUT2D eigenvalue weighted by atomic mass is 9.92. The zero-order valence-electron chi connectivity index (χ0n) is 26.1. The van der Waals surface area contributed by atoms with Crippen LogP contribution in [0.25, 0.3) is 0 Å². The van der Waals surface area contributed by atoms with E-state index in [0.717, 1.165) is 22.3 Å². The molecule has 0 bridgehead atoms. The highest BCUT2D eigenvalue weighted by Crippen LogP contribution is 2.33. The van der Waals surface area contributed by atoms with Gasteiger partial charge in [0, 0.05) is 17.6 Å². The Morgan fingerprint density at radius 3 is 1.90 bits per heavy atom. The molecular formula is C32H46N4O5. The SMILES string of the molecule is Cc1cc(C)cc(C(C(=O)Nc2c(C)cccc2C)N(C(=O)C(CCC(N)=O)NC(=O)OC(C)(C)C)C(C)(C)C)c1. The summed E-state index contributed by atoms with van der Waals surface area (Å²) < 4.78 is 5.40. The maximum atomic E-state index is 14.4. The lowest BCUT2D eigenvalue weighted by Gasteiger charge is -2.43. The number of hydrogen-bond donors (Lipinski definition) is 3. The Morgan fingerprint density at radius 2 is 1.44 bits per heavy atom. The smallest absolute Gasteiger partial charge is 0.408 e. The minimum absolute atomic E-state index is 0.0575. The molecule has 9 heteroatoms. The van der Waals surface area contributed by atoms with Gasteiger partial charge in [0.25, 0.3) is 5.91 Å². The van der Waals surface area contributed by atoms with Crippen LogP contribution in [0.3, 0.4) is 0 Å². The molecule has 0 aliphatic carbocycles. The van der Waals surface area contributed by atoms with Gasteiger partial charge in [0.2, 0.25) is 11.8 Å². The summed E-state index contributed by atoms with van der Waals surface area (Å²) in [6, 6.07) is 9.26. The van der Waals surface area contributed by atoms with Crippen molar-refractivity contribution in [1.29, 1.82) is 0 Å². The number of primary amides is 1. The summed E-state index contributed by atoms with van der Waals surface area (Å²) in [5.74, 6) is -1.55. The molecule has 0 radical (unpaired) electrons. The fraction of sp³-hybridized carbons (Fsp3) is 0.500. The first-order valence-electron chi connectivity index (χ1n) is 13.9. The Morgan fingerprint density at radius 1 is 0.902 bits per heavy atom. The van der Waals surface area contributed by atoms with Crippen LogP contribution in [-0.2, 0) is 19.1 Å². The molecule has 0 spiro atoms. The van der Waals surface area contributed by atoms with Crippen molar-refractivity contribution in [3.63, 3.8) is 0 Å². The first kappa shape index (κ1) is 33.3. The van der Waals surface area contributed by atoms with Gasteiger partial charge >= 0.3 is 6.09 Å². The van der Waals surface area contributed by atoms with Gasteiger partial charge in [-0.1, -0.05) is 47.5 Å². The number of para-hydroxylation sites is 1. The van der Waals surface area contributed by atoms with E-state index in [4.69, 9.17) is 10.5 Å². The molecule has 0 aromatic heterocycles. The molecule has 41 heavy (non-hydrogen) atoms. The van der Waals surface area contributed by atoms with Crippen LogP contribution in [0.15, 0.2) is 36.4 Å². The standard InChI is InChI=1S/C32H46N4O5/c1-19-16-20(2)18-23(17-19)27(28(38)35-26-21(3)12-11-13-22(26)4)36(31(5,6)7)29(39)24(14-15-25(33)37)34-30(40)41-32(8,9)10/h11-13,16-18,24,27H,14-15H2,1-10H3,(H2,33,37)(H,34,40)(H,35,38). The van der Waals surface area contributed by atoms with Gasteiger partial charge in [0.15, 0.2) is 0 Å². The zero-order valence-corrected chi connectivity index (χ0v) is 26.1. The maximum Gasteiger partial charge on any atom is 0.408 e. The number of aryl methyl sites for hydroxylation is 4. The third kappa shape index (κ3) is 9.62. The van der Waals surface area contributed by atoms with Crippen molar-refractivity contribution in [2.45, 2.75) is 105 Å². The average Bonchev–Trinajstić information content (AvgIpc) is 2.79. The lowest BCUT2D eigenvalue weighted by molar-refractivity contribution is -0.147. The number of carbonyl (C=O) groups excluding carboxylic acids is 4. The van der Waals surface area contributed by atoms with Crippen molar-refractivity contribution in [2.75, 3.05) is 5.32 Å². The number of benzene rings is 2. The van der Waals surface area contributed by atoms with Crippen molar-refractivity contribution in [3.05, 3.63) is 64.2 Å². The molecule has 4 N–H and O–H groups in total. The molecule has 4 amide bonds. The van der Waals surface area contributed by atoms with Crippen molar-refractivity contribution < 1.29 is 23.9 Å². The predicted molar refractivity (Wildman–Crippen MR) is 161 cm³/mol. The lowest BCUT2D eigenvalue weighted by Crippen LogP contribution is -2.58. The second-order valence-electron chi connectivity index (χ2n) is 12.7. The number of hydrogen-bond acceptors (Lipinski definition) is 5. The number of carbonyl (C=O) groups is 4. The number of rotatable bonds is 9. The summed E-state index contributed by atoms with van der Waals surface area (Å²) in [5, 5.41) is 5.69. The topological polar surface area (TPSA) is 131 Å². The molecular weight excluding hydrogens is 520 g/mol. The molecule has 224 valence electrons. The van der Waals surface area contributed by atoms with E-state index in [1.165, 1.54) is 4.90 Å². The quantitative estimate of drug-likeness (QED) is 0.375. The van der Waals surface area contributed by atoms with Crippen LogP contribution in [0.5, 0.6) is 0 Å². The van der Waals surface area contributed by atoms with Gasteiger partial charge in [0.05, 0.1) is 0 Å². The molecule has 0 saturated carbocycles. The summed E-state index contributed by atoms with van der Waals surface area (Å²) in [6.45, 7) is 18.3. The van der Waals surface area contributed by atoms with Gasteiger partial charge in [-0.2, -0.15) is 0 Å². The number of anilines is 1. The number of amides is 4. The third-order valence-corrected chi connectivity index (χ3v) is 6.42. The van der Waals surface area contributed by atoms with Gasteiger partial charge in [-0.3, -0.25) is 14.4 Å². The van der Waals surface area contributed by atoms with Gasteiger partial charge < -0.3 is 26.0 Å². The predicted octanol–water partition coefficient (Wildman–Crippen LogP) is 5.39. The molecule has 2 aromatic rings. The maximum absolute atomic E-state index is 14.4. The van der Waals surface area contributed by atoms with E-state index in [0.29, 0.717) is 11.3 Å². The van der Waals surface area contributed by atoms with E-state index in [2.05, 4.69) is 10.6 Å². The van der Waals surface area contributed by atoms with Crippen molar-refractivity contribution in [2.24, 2.45) is 5.73 Å². The number of ether oxygens (including phenoxy) is 1. The summed E-state index contributed by atoms with van der Waals surface area (Å²) in [6.07, 6.45) is -1.01. The van der Waals surface area contributed by atoms with E-state index >= 15 is 0 Å². The summed E-state index contributed by atoms with van der Waals surface area (Å²) >= 11 is 0. The average molecular weight is 567 g/mol. The minimum atomic E-state index is -1.17. The third-order valence-electron chi connectivity index (χ3n) is 6.42. The second-order valence-corrected chi connectivity index (χ2v) is 12.7. The van der Waals surface area contributed by atoms with Crippen molar-refractivity contribution in [3.8, 4) is 0 Å². The van der Waals surface area contributed by atoms with E-state index in [1.54, 1.807) is 20.8 Å². The molecule has 9 nitrogen and oxygen atoms in total. The Bertz CT molecular complexity index is 1250. The van der Waals surface area contributed by atoms with Crippen LogP contribution < -0.4 is 16.4 Å². The van der Waals surface area contributed by atoms with Crippen molar-refractivity contribution >= 4 is 29.5 Å². The van der Waals surface area contributed by atoms with Crippen LogP contribution >= 0.6 is 0 Å². The Labute approximate surface area is 244 Å². The number of nitrogens with zero attached hydrogens (tertiary/aromatic N) is 1. The monoisotopic (exact) mass is 566 g/mol. The number of nitrogens with one attached hydrogen (secondary N) is 2. The molecule has 2 aromatic carbocycles. The largest absolute Gasteiger partial charge is 0.444 e. The summed E-state index contributed by atoms with van der Waals surface area (Å²) in [7, 11) is 0. The van der Waals surface area contributed by atoms with Gasteiger partial charge in [0.1, 0.15) is 17.7 Å². The van der Waals surface area contributed by atoms with Crippen molar-refractivity contribution in [1.82, 2.24) is 10.2 Å². The molecule has 2 atom stereocenters. The molecule has 2 unspecified atom stereocenters. The van der Waals surface area contributed by atoms with E-state index < -0.39 is 47.0 Å². The first-order valence-corrected chi connectivity index (χ1v) is 13.9. The molecule has 0 fully saturated rings. The fourth-order valence-corrected chi connectivity index (χ4v) is 4.80. The van der Waals surface area contributed by atoms with E-state index in [1.807, 2.05) is 84.9 Å². The van der Waals surface area contributed by atoms with E-state index in [9.17, 15) is 19.2 Å². The Balaban J connectivity index is 2.69. The van der Waals surface area contributed by atoms with Crippen LogP contribution in [0.1, 0.15) is 88.2 Å². The second kappa shape index (κ2) is 13.2. The highest BCUT2D eigenvalue weighted by atomic mass is 16.6. The van der Waals surface area contributed by atoms with Crippen LogP contribution in [0.4, 0.5) is 10.5 Å². The Hall–Kier alpha value is -3.88. The van der Waals surface area contributed by atoms with Crippen LogP contribution in [-0.4, -0.2) is 45.9 Å².